The molecule has 1 saturated heterocycles. The molecule has 1 unspecified atom stereocenters. The molecule has 0 spiro atoms. The molecule has 1 aromatic heterocycles. The van der Waals surface area contributed by atoms with Crippen molar-refractivity contribution >= 4 is 28.9 Å². The second-order valence-corrected chi connectivity index (χ2v) is 8.68. The third-order valence-corrected chi connectivity index (χ3v) is 5.78. The van der Waals surface area contributed by atoms with Gasteiger partial charge in [0.1, 0.15) is 5.82 Å². The van der Waals surface area contributed by atoms with Gasteiger partial charge in [0.15, 0.2) is 0 Å². The fourth-order valence-electron chi connectivity index (χ4n) is 4.10. The Bertz CT molecular complexity index is 1170. The van der Waals surface area contributed by atoms with E-state index in [1.807, 2.05) is 76.2 Å². The second-order valence-electron chi connectivity index (χ2n) is 8.68. The summed E-state index contributed by atoms with van der Waals surface area (Å²) in [5, 5.41) is 6.25. The van der Waals surface area contributed by atoms with Crippen LogP contribution in [0.25, 0.3) is 0 Å². The molecule has 0 aliphatic carbocycles. The molecule has 0 saturated carbocycles. The van der Waals surface area contributed by atoms with Gasteiger partial charge in [0.25, 0.3) is 0 Å². The highest BCUT2D eigenvalue weighted by atomic mass is 16.2. The van der Waals surface area contributed by atoms with Crippen LogP contribution in [0.15, 0.2) is 48.5 Å². The van der Waals surface area contributed by atoms with Gasteiger partial charge in [-0.3, -0.25) is 9.59 Å². The second kappa shape index (κ2) is 9.40. The maximum absolute atomic E-state index is 12.8. The molecule has 2 N–H and O–H groups in total. The number of hydrogen-bond donors (Lipinski definition) is 2. The van der Waals surface area contributed by atoms with Gasteiger partial charge in [-0.25, -0.2) is 9.97 Å². The number of nitrogens with zero attached hydrogens (tertiary/aromatic N) is 3. The quantitative estimate of drug-likeness (QED) is 0.593. The number of aromatic nitrogens is 2. The first kappa shape index (κ1) is 22.5. The van der Waals surface area contributed by atoms with Gasteiger partial charge in [-0.05, 0) is 75.2 Å². The fourth-order valence-corrected chi connectivity index (χ4v) is 4.10. The summed E-state index contributed by atoms with van der Waals surface area (Å²) in [6, 6.07) is 15.5. The molecule has 2 amide bonds. The summed E-state index contributed by atoms with van der Waals surface area (Å²) in [5.41, 5.74) is 6.51. The van der Waals surface area contributed by atoms with Crippen molar-refractivity contribution in [2.75, 3.05) is 22.1 Å². The number of amides is 2. The van der Waals surface area contributed by atoms with Gasteiger partial charge in [0, 0.05) is 41.4 Å². The van der Waals surface area contributed by atoms with Crippen LogP contribution in [0.4, 0.5) is 17.1 Å². The van der Waals surface area contributed by atoms with Crippen molar-refractivity contribution in [2.45, 2.75) is 40.7 Å². The van der Waals surface area contributed by atoms with Crippen LogP contribution in [-0.4, -0.2) is 28.3 Å². The minimum Gasteiger partial charge on any atom is -0.378 e. The molecular weight excluding hydrogens is 414 g/mol. The van der Waals surface area contributed by atoms with Crippen molar-refractivity contribution in [3.8, 4) is 0 Å². The molecule has 33 heavy (non-hydrogen) atoms. The van der Waals surface area contributed by atoms with E-state index in [0.717, 1.165) is 39.7 Å². The van der Waals surface area contributed by atoms with Crippen LogP contribution < -0.4 is 15.5 Å². The van der Waals surface area contributed by atoms with E-state index in [9.17, 15) is 9.59 Å². The van der Waals surface area contributed by atoms with Crippen LogP contribution in [-0.2, 0) is 16.1 Å². The highest BCUT2D eigenvalue weighted by molar-refractivity contribution is 6.03. The fraction of sp³-hybridized carbons (Fsp3) is 0.308. The highest BCUT2D eigenvalue weighted by Crippen LogP contribution is 2.29. The lowest BCUT2D eigenvalue weighted by atomic mass is 10.1. The standard InChI is InChI=1S/C26H29N5O2/c1-16-5-6-17(2)23(11-16)31-15-20(13-25(31)32)26(33)30-22-9-7-21(8-10-22)27-14-24-28-18(3)12-19(4)29-24/h5-12,20,27H,13-15H2,1-4H3,(H,30,33). The van der Waals surface area contributed by atoms with E-state index in [2.05, 4.69) is 20.6 Å². The number of aryl methyl sites for hydroxylation is 4. The molecule has 7 heteroatoms. The Morgan fingerprint density at radius 2 is 1.64 bits per heavy atom. The lowest BCUT2D eigenvalue weighted by Crippen LogP contribution is -2.28. The van der Waals surface area contributed by atoms with Gasteiger partial charge in [0.05, 0.1) is 12.5 Å². The molecule has 0 bridgehead atoms. The lowest BCUT2D eigenvalue weighted by molar-refractivity contribution is -0.122. The predicted molar refractivity (Wildman–Crippen MR) is 130 cm³/mol. The third-order valence-electron chi connectivity index (χ3n) is 5.78. The molecule has 1 aliphatic rings. The van der Waals surface area contributed by atoms with Crippen LogP contribution in [0, 0.1) is 33.6 Å². The largest absolute Gasteiger partial charge is 0.378 e. The van der Waals surface area contributed by atoms with Gasteiger partial charge in [-0.1, -0.05) is 12.1 Å². The van der Waals surface area contributed by atoms with E-state index in [-0.39, 0.29) is 24.2 Å². The number of carbonyl (C=O) groups excluding carboxylic acids is 2. The maximum atomic E-state index is 12.8. The number of nitrogens with one attached hydrogen (secondary N) is 2. The van der Waals surface area contributed by atoms with Gasteiger partial charge < -0.3 is 15.5 Å². The van der Waals surface area contributed by atoms with E-state index < -0.39 is 0 Å². The number of rotatable bonds is 6. The molecule has 3 aromatic rings. The van der Waals surface area contributed by atoms with Crippen LogP contribution in [0.5, 0.6) is 0 Å². The van der Waals surface area contributed by atoms with Gasteiger partial charge in [0.2, 0.25) is 11.8 Å². The van der Waals surface area contributed by atoms with Crippen molar-refractivity contribution in [1.82, 2.24) is 9.97 Å². The van der Waals surface area contributed by atoms with E-state index in [4.69, 9.17) is 0 Å². The van der Waals surface area contributed by atoms with E-state index in [1.165, 1.54) is 0 Å². The van der Waals surface area contributed by atoms with Gasteiger partial charge in [-0.2, -0.15) is 0 Å². The lowest BCUT2D eigenvalue weighted by Gasteiger charge is -2.19. The van der Waals surface area contributed by atoms with Crippen LogP contribution in [0.3, 0.4) is 0 Å². The maximum Gasteiger partial charge on any atom is 0.229 e. The highest BCUT2D eigenvalue weighted by Gasteiger charge is 2.35. The average Bonchev–Trinajstić information content (AvgIpc) is 3.16. The third kappa shape index (κ3) is 5.37. The zero-order chi connectivity index (χ0) is 23.5. The van der Waals surface area contributed by atoms with Crippen LogP contribution in [0.1, 0.15) is 34.8 Å². The Hall–Kier alpha value is -3.74. The topological polar surface area (TPSA) is 87.2 Å². The monoisotopic (exact) mass is 443 g/mol. The predicted octanol–water partition coefficient (Wildman–Crippen LogP) is 4.31. The minimum absolute atomic E-state index is 0.0167. The Kier molecular flexibility index (Phi) is 6.40. The Balaban J connectivity index is 1.35. The molecule has 2 heterocycles. The number of anilines is 3. The van der Waals surface area contributed by atoms with Crippen molar-refractivity contribution in [2.24, 2.45) is 5.92 Å². The van der Waals surface area contributed by atoms with Crippen molar-refractivity contribution in [3.63, 3.8) is 0 Å². The van der Waals surface area contributed by atoms with Crippen LogP contribution >= 0.6 is 0 Å². The van der Waals surface area contributed by atoms with Crippen LogP contribution in [0.2, 0.25) is 0 Å². The summed E-state index contributed by atoms with van der Waals surface area (Å²) in [7, 11) is 0. The summed E-state index contributed by atoms with van der Waals surface area (Å²) < 4.78 is 0. The molecule has 170 valence electrons. The van der Waals surface area contributed by atoms with Crippen molar-refractivity contribution in [1.29, 1.82) is 0 Å². The zero-order valence-corrected chi connectivity index (χ0v) is 19.5. The van der Waals surface area contributed by atoms with Gasteiger partial charge in [-0.15, -0.1) is 0 Å². The van der Waals surface area contributed by atoms with E-state index in [0.29, 0.717) is 18.8 Å². The Morgan fingerprint density at radius 1 is 0.970 bits per heavy atom. The zero-order valence-electron chi connectivity index (χ0n) is 19.5. The summed E-state index contributed by atoms with van der Waals surface area (Å²) in [4.78, 5) is 36.0. The molecule has 1 fully saturated rings. The summed E-state index contributed by atoms with van der Waals surface area (Å²) in [5.74, 6) is 0.207. The van der Waals surface area contributed by atoms with Crippen molar-refractivity contribution < 1.29 is 9.59 Å². The van der Waals surface area contributed by atoms with Crippen molar-refractivity contribution in [3.05, 3.63) is 76.9 Å². The molecule has 1 atom stereocenters. The summed E-state index contributed by atoms with van der Waals surface area (Å²) in [6.45, 7) is 8.80. The molecule has 7 nitrogen and oxygen atoms in total. The molecule has 0 radical (unpaired) electrons. The Morgan fingerprint density at radius 3 is 2.33 bits per heavy atom. The summed E-state index contributed by atoms with van der Waals surface area (Å²) in [6.07, 6.45) is 0.217. The SMILES string of the molecule is Cc1ccc(C)c(N2CC(C(=O)Nc3ccc(NCc4nc(C)cc(C)n4)cc3)CC2=O)c1. The van der Waals surface area contributed by atoms with E-state index >= 15 is 0 Å². The first-order valence-corrected chi connectivity index (χ1v) is 11.1. The first-order valence-electron chi connectivity index (χ1n) is 11.1. The molecular formula is C26H29N5O2. The van der Waals surface area contributed by atoms with Gasteiger partial charge >= 0.3 is 0 Å². The summed E-state index contributed by atoms with van der Waals surface area (Å²) >= 11 is 0. The average molecular weight is 444 g/mol. The number of carbonyl (C=O) groups is 2. The number of hydrogen-bond acceptors (Lipinski definition) is 5. The van der Waals surface area contributed by atoms with E-state index in [1.54, 1.807) is 4.90 Å². The normalized spacial score (nSPS) is 15.6. The molecule has 4 rings (SSSR count). The Labute approximate surface area is 194 Å². The number of benzene rings is 2. The molecule has 1 aliphatic heterocycles. The minimum atomic E-state index is -0.378. The first-order chi connectivity index (χ1) is 15.8. The molecule has 2 aromatic carbocycles. The smallest absolute Gasteiger partial charge is 0.229 e.